The molecule has 5 heteroatoms. The van der Waals surface area contributed by atoms with Crippen LogP contribution in [0.4, 0.5) is 4.39 Å². The normalized spacial score (nSPS) is 17.9. The Balaban J connectivity index is 1.70. The second-order valence-corrected chi connectivity index (χ2v) is 5.73. The number of benzene rings is 1. The van der Waals surface area contributed by atoms with E-state index in [0.717, 1.165) is 31.5 Å². The number of carbonyl (C=O) groups excluding carboxylic acids is 1. The van der Waals surface area contributed by atoms with Gasteiger partial charge in [-0.15, -0.1) is 0 Å². The molecule has 1 fully saturated rings. The minimum Gasteiger partial charge on any atom is -0.337 e. The summed E-state index contributed by atoms with van der Waals surface area (Å²) >= 11 is 0. The van der Waals surface area contributed by atoms with Gasteiger partial charge in [0.1, 0.15) is 11.5 Å². The Bertz CT molecular complexity index is 650. The zero-order chi connectivity index (χ0) is 15.5. The second kappa shape index (κ2) is 6.30. The molecule has 0 bridgehead atoms. The fourth-order valence-electron chi connectivity index (χ4n) is 3.02. The van der Waals surface area contributed by atoms with Crippen molar-refractivity contribution in [1.29, 1.82) is 0 Å². The fraction of sp³-hybridized carbons (Fsp3) is 0.412. The Morgan fingerprint density at radius 2 is 2.09 bits per heavy atom. The van der Waals surface area contributed by atoms with Gasteiger partial charge >= 0.3 is 0 Å². The van der Waals surface area contributed by atoms with E-state index in [1.54, 1.807) is 16.9 Å². The van der Waals surface area contributed by atoms with Gasteiger partial charge in [0, 0.05) is 31.7 Å². The molecule has 22 heavy (non-hydrogen) atoms. The molecule has 1 saturated heterocycles. The Labute approximate surface area is 129 Å². The van der Waals surface area contributed by atoms with E-state index in [2.05, 4.69) is 12.0 Å². The van der Waals surface area contributed by atoms with E-state index < -0.39 is 0 Å². The Morgan fingerprint density at radius 3 is 2.82 bits per heavy atom. The summed E-state index contributed by atoms with van der Waals surface area (Å²) in [6, 6.07) is 8.38. The summed E-state index contributed by atoms with van der Waals surface area (Å²) in [5, 5.41) is 4.21. The zero-order valence-electron chi connectivity index (χ0n) is 12.7. The molecule has 1 aliphatic heterocycles. The standard InChI is InChI=1S/C17H20FN3O/c1-2-10-21-16(7-9-19-21)17(22)20-11-8-14(12-20)13-3-5-15(18)6-4-13/h3-7,9,14H,2,8,10-12H2,1H3. The topological polar surface area (TPSA) is 38.1 Å². The third-order valence-corrected chi connectivity index (χ3v) is 4.19. The smallest absolute Gasteiger partial charge is 0.272 e. The van der Waals surface area contributed by atoms with Crippen LogP contribution in [0.2, 0.25) is 0 Å². The number of carbonyl (C=O) groups is 1. The maximum Gasteiger partial charge on any atom is 0.272 e. The van der Waals surface area contributed by atoms with Crippen molar-refractivity contribution in [3.05, 3.63) is 53.6 Å². The van der Waals surface area contributed by atoms with Gasteiger partial charge in [0.2, 0.25) is 0 Å². The lowest BCUT2D eigenvalue weighted by Crippen LogP contribution is -2.30. The average molecular weight is 301 g/mol. The van der Waals surface area contributed by atoms with E-state index in [-0.39, 0.29) is 17.6 Å². The molecule has 1 aromatic heterocycles. The van der Waals surface area contributed by atoms with Gasteiger partial charge in [0.05, 0.1) is 0 Å². The molecular weight excluding hydrogens is 281 g/mol. The van der Waals surface area contributed by atoms with Crippen molar-refractivity contribution in [2.45, 2.75) is 32.2 Å². The van der Waals surface area contributed by atoms with Crippen LogP contribution in [0.25, 0.3) is 0 Å². The van der Waals surface area contributed by atoms with E-state index in [4.69, 9.17) is 0 Å². The molecule has 0 aliphatic carbocycles. The van der Waals surface area contributed by atoms with E-state index >= 15 is 0 Å². The van der Waals surface area contributed by atoms with Crippen LogP contribution in [0.3, 0.4) is 0 Å². The van der Waals surface area contributed by atoms with Crippen molar-refractivity contribution >= 4 is 5.91 Å². The van der Waals surface area contributed by atoms with Crippen molar-refractivity contribution in [2.75, 3.05) is 13.1 Å². The van der Waals surface area contributed by atoms with Crippen LogP contribution in [0.5, 0.6) is 0 Å². The summed E-state index contributed by atoms with van der Waals surface area (Å²) in [5.41, 5.74) is 1.75. The predicted octanol–water partition coefficient (Wildman–Crippen LogP) is 3.06. The van der Waals surface area contributed by atoms with Gasteiger partial charge in [-0.25, -0.2) is 4.39 Å². The number of hydrogen-bond acceptors (Lipinski definition) is 2. The first kappa shape index (κ1) is 14.8. The first-order valence-electron chi connectivity index (χ1n) is 7.75. The summed E-state index contributed by atoms with van der Waals surface area (Å²) in [5.74, 6) is 0.0980. The summed E-state index contributed by atoms with van der Waals surface area (Å²) in [4.78, 5) is 14.5. The molecule has 0 spiro atoms. The minimum absolute atomic E-state index is 0.0376. The summed E-state index contributed by atoms with van der Waals surface area (Å²) in [6.45, 7) is 4.24. The van der Waals surface area contributed by atoms with Gasteiger partial charge in [0.25, 0.3) is 5.91 Å². The minimum atomic E-state index is -0.224. The van der Waals surface area contributed by atoms with Crippen molar-refractivity contribution in [3.63, 3.8) is 0 Å². The largest absolute Gasteiger partial charge is 0.337 e. The molecular formula is C17H20FN3O. The molecule has 2 aromatic rings. The zero-order valence-corrected chi connectivity index (χ0v) is 12.7. The lowest BCUT2D eigenvalue weighted by atomic mass is 9.99. The van der Waals surface area contributed by atoms with Crippen molar-refractivity contribution < 1.29 is 9.18 Å². The van der Waals surface area contributed by atoms with Crippen LogP contribution in [0.1, 0.15) is 41.7 Å². The number of aryl methyl sites for hydroxylation is 1. The highest BCUT2D eigenvalue weighted by molar-refractivity contribution is 5.92. The maximum atomic E-state index is 13.0. The van der Waals surface area contributed by atoms with Crippen LogP contribution in [0.15, 0.2) is 36.5 Å². The summed E-state index contributed by atoms with van der Waals surface area (Å²) in [6.07, 6.45) is 3.54. The molecule has 1 amide bonds. The van der Waals surface area contributed by atoms with Crippen LogP contribution in [-0.2, 0) is 6.54 Å². The molecule has 116 valence electrons. The summed E-state index contributed by atoms with van der Waals surface area (Å²) < 4.78 is 14.8. The van der Waals surface area contributed by atoms with Crippen LogP contribution < -0.4 is 0 Å². The number of likely N-dealkylation sites (tertiary alicyclic amines) is 1. The molecule has 3 rings (SSSR count). The second-order valence-electron chi connectivity index (χ2n) is 5.73. The lowest BCUT2D eigenvalue weighted by molar-refractivity contribution is 0.0778. The lowest BCUT2D eigenvalue weighted by Gasteiger charge is -2.17. The third kappa shape index (κ3) is 2.89. The van der Waals surface area contributed by atoms with Crippen molar-refractivity contribution in [2.24, 2.45) is 0 Å². The van der Waals surface area contributed by atoms with Gasteiger partial charge in [-0.2, -0.15) is 5.10 Å². The average Bonchev–Trinajstić information content (AvgIpc) is 3.17. The Morgan fingerprint density at radius 1 is 1.32 bits per heavy atom. The highest BCUT2D eigenvalue weighted by Crippen LogP contribution is 2.28. The Kier molecular flexibility index (Phi) is 4.22. The quantitative estimate of drug-likeness (QED) is 0.870. The molecule has 2 heterocycles. The number of halogens is 1. The van der Waals surface area contributed by atoms with Crippen molar-refractivity contribution in [1.82, 2.24) is 14.7 Å². The van der Waals surface area contributed by atoms with Crippen LogP contribution in [0, 0.1) is 5.82 Å². The predicted molar refractivity (Wildman–Crippen MR) is 82.2 cm³/mol. The molecule has 1 aliphatic rings. The molecule has 0 radical (unpaired) electrons. The molecule has 4 nitrogen and oxygen atoms in total. The van der Waals surface area contributed by atoms with Gasteiger partial charge < -0.3 is 4.90 Å². The van der Waals surface area contributed by atoms with Gasteiger partial charge in [-0.05, 0) is 36.6 Å². The number of nitrogens with zero attached hydrogens (tertiary/aromatic N) is 3. The van der Waals surface area contributed by atoms with Crippen LogP contribution in [-0.4, -0.2) is 33.7 Å². The Hall–Kier alpha value is -2.17. The number of amides is 1. The first-order valence-corrected chi connectivity index (χ1v) is 7.75. The van der Waals surface area contributed by atoms with Crippen LogP contribution >= 0.6 is 0 Å². The van der Waals surface area contributed by atoms with Crippen molar-refractivity contribution in [3.8, 4) is 0 Å². The van der Waals surface area contributed by atoms with E-state index in [1.807, 2.05) is 17.0 Å². The van der Waals surface area contributed by atoms with E-state index in [1.165, 1.54) is 12.1 Å². The number of aromatic nitrogens is 2. The maximum absolute atomic E-state index is 13.0. The number of rotatable bonds is 4. The number of hydrogen-bond donors (Lipinski definition) is 0. The third-order valence-electron chi connectivity index (χ3n) is 4.19. The SMILES string of the molecule is CCCn1nccc1C(=O)N1CCC(c2ccc(F)cc2)C1. The fourth-order valence-corrected chi connectivity index (χ4v) is 3.02. The molecule has 1 unspecified atom stereocenters. The highest BCUT2D eigenvalue weighted by atomic mass is 19.1. The molecule has 1 aromatic carbocycles. The molecule has 0 N–H and O–H groups in total. The first-order chi connectivity index (χ1) is 10.7. The van der Waals surface area contributed by atoms with Gasteiger partial charge in [-0.1, -0.05) is 19.1 Å². The monoisotopic (exact) mass is 301 g/mol. The van der Waals surface area contributed by atoms with Gasteiger partial charge in [0.15, 0.2) is 0 Å². The highest BCUT2D eigenvalue weighted by Gasteiger charge is 2.29. The van der Waals surface area contributed by atoms with E-state index in [0.29, 0.717) is 12.2 Å². The van der Waals surface area contributed by atoms with E-state index in [9.17, 15) is 9.18 Å². The molecule has 0 saturated carbocycles. The summed E-state index contributed by atoms with van der Waals surface area (Å²) in [7, 11) is 0. The van der Waals surface area contributed by atoms with Gasteiger partial charge in [-0.3, -0.25) is 9.48 Å². The molecule has 1 atom stereocenters.